The van der Waals surface area contributed by atoms with Crippen LogP contribution in [0.2, 0.25) is 0 Å². The first kappa shape index (κ1) is 74.8. The molecule has 0 aromatic rings. The van der Waals surface area contributed by atoms with Crippen LogP contribution in [0.1, 0.15) is 303 Å². The molecule has 0 aliphatic carbocycles. The third-order valence-corrected chi connectivity index (χ3v) is 13.9. The Morgan fingerprint density at radius 2 is 0.494 bits per heavy atom. The number of ether oxygens (including phenoxy) is 3. The van der Waals surface area contributed by atoms with Crippen molar-refractivity contribution in [1.29, 1.82) is 0 Å². The second kappa shape index (κ2) is 66.3. The zero-order valence-corrected chi connectivity index (χ0v) is 51.6. The Bertz CT molecular complexity index is 1640. The van der Waals surface area contributed by atoms with E-state index in [1.54, 1.807) is 0 Å². The lowest BCUT2D eigenvalue weighted by molar-refractivity contribution is -0.167. The second-order valence-electron chi connectivity index (χ2n) is 21.6. The fourth-order valence-electron chi connectivity index (χ4n) is 8.98. The average Bonchev–Trinajstić information content (AvgIpc) is 3.45. The number of rotatable bonds is 59. The van der Waals surface area contributed by atoms with Crippen molar-refractivity contribution in [2.24, 2.45) is 0 Å². The first-order valence-corrected chi connectivity index (χ1v) is 33.0. The maximum atomic E-state index is 12.9. The Hall–Kier alpha value is -4.19. The lowest BCUT2D eigenvalue weighted by Gasteiger charge is -2.18. The number of hydrogen-bond acceptors (Lipinski definition) is 6. The molecule has 0 rings (SSSR count). The fourth-order valence-corrected chi connectivity index (χ4v) is 8.98. The summed E-state index contributed by atoms with van der Waals surface area (Å²) in [6.45, 7) is 6.47. The molecule has 6 heteroatoms. The highest BCUT2D eigenvalue weighted by atomic mass is 16.6. The van der Waals surface area contributed by atoms with Crippen molar-refractivity contribution in [3.8, 4) is 0 Å². The maximum absolute atomic E-state index is 12.9. The number of carbonyl (C=O) groups is 3. The van der Waals surface area contributed by atoms with E-state index in [2.05, 4.69) is 142 Å². The predicted octanol–water partition coefficient (Wildman–Crippen LogP) is 22.8. The van der Waals surface area contributed by atoms with Crippen LogP contribution < -0.4 is 0 Å². The molecular weight excluding hydrogens is 973 g/mol. The van der Waals surface area contributed by atoms with E-state index in [0.717, 1.165) is 122 Å². The Labute approximate surface area is 488 Å². The molecule has 0 amide bonds. The average molecular weight is 1100 g/mol. The van der Waals surface area contributed by atoms with Crippen LogP contribution in [-0.4, -0.2) is 37.2 Å². The summed E-state index contributed by atoms with van der Waals surface area (Å²) in [5.74, 6) is -0.952. The number of esters is 3. The molecule has 6 nitrogen and oxygen atoms in total. The summed E-state index contributed by atoms with van der Waals surface area (Å²) in [5.41, 5.74) is 0. The third kappa shape index (κ3) is 64.5. The van der Waals surface area contributed by atoms with Gasteiger partial charge >= 0.3 is 17.9 Å². The highest BCUT2D eigenvalue weighted by molar-refractivity contribution is 5.71. The summed E-state index contributed by atoms with van der Waals surface area (Å²) in [6.07, 6.45) is 92.0. The van der Waals surface area contributed by atoms with E-state index in [1.165, 1.54) is 141 Å². The highest BCUT2D eigenvalue weighted by Gasteiger charge is 2.19. The van der Waals surface area contributed by atoms with Crippen LogP contribution in [0.4, 0.5) is 0 Å². The summed E-state index contributed by atoms with van der Waals surface area (Å²) >= 11 is 0. The molecule has 1 unspecified atom stereocenters. The molecule has 450 valence electrons. The van der Waals surface area contributed by atoms with Gasteiger partial charge in [0.1, 0.15) is 13.2 Å². The van der Waals surface area contributed by atoms with Gasteiger partial charge in [-0.05, 0) is 135 Å². The fraction of sp³-hybridized carbons (Fsp3) is 0.685. The molecular formula is C73H122O6. The largest absolute Gasteiger partial charge is 0.462 e. The SMILES string of the molecule is CC/C=C\C/C=C\C/C=C\C/C=C\CCCCC(=O)OCC(COC(=O)CCCCCCCCCC/C=C\C/C=C\C/C=C\CCCCCCC)OC(=O)CCCCCCCCCC/C=C\C/C=C\C/C=C\CCCCCCC. The number of unbranched alkanes of at least 4 members (excludes halogenated alkanes) is 28. The minimum absolute atomic E-state index is 0.101. The van der Waals surface area contributed by atoms with Crippen molar-refractivity contribution in [2.45, 2.75) is 309 Å². The molecule has 0 spiro atoms. The zero-order chi connectivity index (χ0) is 57.1. The van der Waals surface area contributed by atoms with E-state index in [1.807, 2.05) is 0 Å². The maximum Gasteiger partial charge on any atom is 0.306 e. The van der Waals surface area contributed by atoms with Crippen LogP contribution >= 0.6 is 0 Å². The summed E-state index contributed by atoms with van der Waals surface area (Å²) < 4.78 is 16.9. The lowest BCUT2D eigenvalue weighted by Crippen LogP contribution is -2.30. The van der Waals surface area contributed by atoms with Gasteiger partial charge in [-0.3, -0.25) is 14.4 Å². The molecule has 0 aliphatic rings. The first-order chi connectivity index (χ1) is 39.0. The molecule has 0 bridgehead atoms. The van der Waals surface area contributed by atoms with Crippen LogP contribution in [0.5, 0.6) is 0 Å². The molecule has 79 heavy (non-hydrogen) atoms. The Morgan fingerprint density at radius 3 is 0.797 bits per heavy atom. The topological polar surface area (TPSA) is 78.9 Å². The molecule has 0 N–H and O–H groups in total. The van der Waals surface area contributed by atoms with Gasteiger partial charge in [-0.1, -0.05) is 271 Å². The molecule has 1 atom stereocenters. The van der Waals surface area contributed by atoms with Gasteiger partial charge in [0.25, 0.3) is 0 Å². The van der Waals surface area contributed by atoms with Crippen molar-refractivity contribution >= 4 is 17.9 Å². The monoisotopic (exact) mass is 1090 g/mol. The van der Waals surface area contributed by atoms with E-state index in [-0.39, 0.29) is 31.1 Å². The van der Waals surface area contributed by atoms with Gasteiger partial charge in [-0.2, -0.15) is 0 Å². The van der Waals surface area contributed by atoms with Crippen LogP contribution in [0.15, 0.2) is 122 Å². The van der Waals surface area contributed by atoms with Crippen LogP contribution in [0.3, 0.4) is 0 Å². The van der Waals surface area contributed by atoms with Gasteiger partial charge in [0.15, 0.2) is 6.10 Å². The number of hydrogen-bond donors (Lipinski definition) is 0. The summed E-state index contributed by atoms with van der Waals surface area (Å²) in [5, 5.41) is 0. The molecule has 0 aliphatic heterocycles. The van der Waals surface area contributed by atoms with Crippen LogP contribution in [0.25, 0.3) is 0 Å². The van der Waals surface area contributed by atoms with Crippen LogP contribution in [0, 0.1) is 0 Å². The molecule has 0 heterocycles. The standard InChI is InChI=1S/C73H122O6/c1-4-7-10-13-16-19-22-25-28-30-32-34-36-38-40-42-45-48-51-54-57-60-63-66-72(75)78-69-70(68-77-71(74)65-62-59-56-53-50-47-44-27-24-21-18-15-12-9-6-3)79-73(76)67-64-61-58-55-52-49-46-43-41-39-37-35-33-31-29-26-23-20-17-14-11-8-5-2/h9,12,18,21-23,25-27,30-33,36-39,44,50,53,70H,4-8,10-11,13-17,19-20,24,28-29,34-35,40-43,45-49,51-52,54-69H2,1-3H3/b12-9-,21-18-,25-22-,26-23-,32-30-,33-31-,38-36-,39-37-,44-27-,53-50-. The summed E-state index contributed by atoms with van der Waals surface area (Å²) in [6, 6.07) is 0. The first-order valence-electron chi connectivity index (χ1n) is 33.0. The Kier molecular flexibility index (Phi) is 62.8. The van der Waals surface area contributed by atoms with Gasteiger partial charge in [0.05, 0.1) is 0 Å². The summed E-state index contributed by atoms with van der Waals surface area (Å²) in [7, 11) is 0. The Balaban J connectivity index is 4.44. The van der Waals surface area contributed by atoms with E-state index >= 15 is 0 Å². The van der Waals surface area contributed by atoms with Crippen molar-refractivity contribution in [3.63, 3.8) is 0 Å². The summed E-state index contributed by atoms with van der Waals surface area (Å²) in [4.78, 5) is 38.4. The van der Waals surface area contributed by atoms with Crippen molar-refractivity contribution in [3.05, 3.63) is 122 Å². The van der Waals surface area contributed by atoms with E-state index in [9.17, 15) is 14.4 Å². The van der Waals surface area contributed by atoms with Crippen molar-refractivity contribution in [1.82, 2.24) is 0 Å². The molecule has 0 radical (unpaired) electrons. The van der Waals surface area contributed by atoms with Gasteiger partial charge in [-0.25, -0.2) is 0 Å². The smallest absolute Gasteiger partial charge is 0.306 e. The molecule has 0 aromatic carbocycles. The quantitative estimate of drug-likeness (QED) is 0.0261. The Morgan fingerprint density at radius 1 is 0.266 bits per heavy atom. The van der Waals surface area contributed by atoms with Crippen molar-refractivity contribution in [2.75, 3.05) is 13.2 Å². The van der Waals surface area contributed by atoms with E-state index < -0.39 is 6.10 Å². The second-order valence-corrected chi connectivity index (χ2v) is 21.6. The minimum Gasteiger partial charge on any atom is -0.462 e. The molecule has 0 saturated carbocycles. The highest BCUT2D eigenvalue weighted by Crippen LogP contribution is 2.15. The van der Waals surface area contributed by atoms with E-state index in [4.69, 9.17) is 14.2 Å². The number of allylic oxidation sites excluding steroid dienone is 20. The van der Waals surface area contributed by atoms with E-state index in [0.29, 0.717) is 19.3 Å². The molecule has 0 aromatic heterocycles. The zero-order valence-electron chi connectivity index (χ0n) is 51.6. The van der Waals surface area contributed by atoms with Gasteiger partial charge in [0, 0.05) is 19.3 Å². The predicted molar refractivity (Wildman–Crippen MR) is 343 cm³/mol. The normalized spacial score (nSPS) is 12.9. The van der Waals surface area contributed by atoms with Gasteiger partial charge < -0.3 is 14.2 Å². The van der Waals surface area contributed by atoms with Gasteiger partial charge in [0.2, 0.25) is 0 Å². The van der Waals surface area contributed by atoms with Crippen LogP contribution in [-0.2, 0) is 28.6 Å². The lowest BCUT2D eigenvalue weighted by atomic mass is 10.1. The molecule has 0 fully saturated rings. The van der Waals surface area contributed by atoms with Gasteiger partial charge in [-0.15, -0.1) is 0 Å². The third-order valence-electron chi connectivity index (χ3n) is 13.9. The minimum atomic E-state index is -0.808. The molecule has 0 saturated heterocycles. The number of carbonyl (C=O) groups excluding carboxylic acids is 3. The van der Waals surface area contributed by atoms with Crippen molar-refractivity contribution < 1.29 is 28.6 Å².